The summed E-state index contributed by atoms with van der Waals surface area (Å²) < 4.78 is 6.60. The highest BCUT2D eigenvalue weighted by atomic mass is 16.3. The van der Waals surface area contributed by atoms with E-state index in [1.54, 1.807) is 0 Å². The van der Waals surface area contributed by atoms with Gasteiger partial charge in [-0.05, 0) is 54.8 Å². The number of rotatable bonds is 6. The molecule has 278 valence electrons. The van der Waals surface area contributed by atoms with Gasteiger partial charge in [0, 0.05) is 54.7 Å². The molecule has 3 heterocycles. The molecule has 0 radical (unpaired) electrons. The van der Waals surface area contributed by atoms with E-state index in [0.717, 1.165) is 93.8 Å². The zero-order valence-electron chi connectivity index (χ0n) is 32.5. The van der Waals surface area contributed by atoms with Gasteiger partial charge in [-0.15, -0.1) is 0 Å². The van der Waals surface area contributed by atoms with Crippen molar-refractivity contribution in [1.82, 2.24) is 19.9 Å². The van der Waals surface area contributed by atoms with Gasteiger partial charge in [0.1, 0.15) is 11.2 Å². The first-order valence-electron chi connectivity index (χ1n) is 19.9. The lowest BCUT2D eigenvalue weighted by molar-refractivity contribution is 0.669. The highest BCUT2D eigenvalue weighted by molar-refractivity contribution is 6.27. The summed E-state index contributed by atoms with van der Waals surface area (Å²) in [7, 11) is 0. The van der Waals surface area contributed by atoms with Gasteiger partial charge in [-0.1, -0.05) is 169 Å². The van der Waals surface area contributed by atoms with Gasteiger partial charge in [0.25, 0.3) is 0 Å². The van der Waals surface area contributed by atoms with Crippen molar-refractivity contribution < 1.29 is 4.42 Å². The van der Waals surface area contributed by atoms with Crippen molar-refractivity contribution in [2.75, 3.05) is 0 Å². The van der Waals surface area contributed by atoms with Crippen LogP contribution in [0.15, 0.2) is 186 Å². The van der Waals surface area contributed by atoms with Gasteiger partial charge < -0.3 is 4.42 Å². The van der Waals surface area contributed by atoms with Crippen molar-refractivity contribution in [2.45, 2.75) is 13.8 Å². The largest absolute Gasteiger partial charge is 0.456 e. The third-order valence-corrected chi connectivity index (χ3v) is 11.3. The Bertz CT molecular complexity index is 3310. The third kappa shape index (κ3) is 6.12. The van der Waals surface area contributed by atoms with E-state index in [1.807, 2.05) is 12.1 Å². The fraction of sp³-hybridized carbons (Fsp3) is 0.0370. The van der Waals surface area contributed by atoms with Crippen LogP contribution in [0.25, 0.3) is 111 Å². The van der Waals surface area contributed by atoms with E-state index >= 15 is 0 Å². The number of para-hydroxylation sites is 2. The average molecular weight is 757 g/mol. The molecule has 0 unspecified atom stereocenters. The zero-order chi connectivity index (χ0) is 39.5. The average Bonchev–Trinajstić information content (AvgIpc) is 3.67. The first-order valence-corrected chi connectivity index (χ1v) is 19.9. The molecule has 0 N–H and O–H groups in total. The molecular formula is C54H36N4O. The zero-order valence-corrected chi connectivity index (χ0v) is 32.5. The molecule has 0 bridgehead atoms. The maximum Gasteiger partial charge on any atom is 0.164 e. The highest BCUT2D eigenvalue weighted by Crippen LogP contribution is 2.46. The first kappa shape index (κ1) is 34.5. The molecule has 0 aliphatic heterocycles. The minimum atomic E-state index is 0.629. The Labute approximate surface area is 341 Å². The molecule has 0 fully saturated rings. The summed E-state index contributed by atoms with van der Waals surface area (Å²) in [5.74, 6) is 1.92. The number of nitrogens with zero attached hydrogens (tertiary/aromatic N) is 4. The monoisotopic (exact) mass is 756 g/mol. The lowest BCUT2D eigenvalue weighted by atomic mass is 9.89. The second-order valence-corrected chi connectivity index (χ2v) is 15.2. The number of aryl methyl sites for hydroxylation is 2. The molecule has 0 amide bonds. The van der Waals surface area contributed by atoms with Crippen molar-refractivity contribution in [3.05, 3.63) is 193 Å². The predicted octanol–water partition coefficient (Wildman–Crippen LogP) is 14.1. The van der Waals surface area contributed by atoms with Crippen LogP contribution in [0.3, 0.4) is 0 Å². The highest BCUT2D eigenvalue weighted by Gasteiger charge is 2.22. The summed E-state index contributed by atoms with van der Waals surface area (Å²) in [6, 6.07) is 63.4. The molecule has 0 saturated carbocycles. The number of furan rings is 1. The van der Waals surface area contributed by atoms with E-state index in [4.69, 9.17) is 24.4 Å². The van der Waals surface area contributed by atoms with Crippen LogP contribution in [0, 0.1) is 13.8 Å². The van der Waals surface area contributed by atoms with Crippen molar-refractivity contribution >= 4 is 43.6 Å². The van der Waals surface area contributed by atoms with Gasteiger partial charge in [-0.2, -0.15) is 0 Å². The fourth-order valence-corrected chi connectivity index (χ4v) is 8.26. The van der Waals surface area contributed by atoms with Gasteiger partial charge in [0.15, 0.2) is 17.5 Å². The lowest BCUT2D eigenvalue weighted by Gasteiger charge is -2.16. The molecule has 0 aliphatic rings. The predicted molar refractivity (Wildman–Crippen MR) is 242 cm³/mol. The number of hydrogen-bond donors (Lipinski definition) is 0. The molecule has 59 heavy (non-hydrogen) atoms. The number of fused-ring (bicyclic) bond motifs is 6. The van der Waals surface area contributed by atoms with E-state index in [9.17, 15) is 0 Å². The van der Waals surface area contributed by atoms with Gasteiger partial charge in [0.05, 0.1) is 11.2 Å². The molecule has 0 spiro atoms. The van der Waals surface area contributed by atoms with E-state index < -0.39 is 0 Å². The minimum Gasteiger partial charge on any atom is -0.456 e. The van der Waals surface area contributed by atoms with Gasteiger partial charge in [-0.25, -0.2) is 19.9 Å². The third-order valence-electron chi connectivity index (χ3n) is 11.3. The van der Waals surface area contributed by atoms with Crippen LogP contribution in [0.1, 0.15) is 11.1 Å². The molecule has 3 aromatic heterocycles. The van der Waals surface area contributed by atoms with Gasteiger partial charge in [-0.3, -0.25) is 0 Å². The number of aromatic nitrogens is 4. The Morgan fingerprint density at radius 2 is 0.864 bits per heavy atom. The molecule has 0 saturated heterocycles. The van der Waals surface area contributed by atoms with E-state index in [2.05, 4.69) is 184 Å². The quantitative estimate of drug-likeness (QED) is 0.158. The van der Waals surface area contributed by atoms with E-state index in [-0.39, 0.29) is 0 Å². The van der Waals surface area contributed by atoms with Crippen molar-refractivity contribution in [2.24, 2.45) is 0 Å². The smallest absolute Gasteiger partial charge is 0.164 e. The minimum absolute atomic E-state index is 0.629. The number of benzene rings is 8. The second-order valence-electron chi connectivity index (χ2n) is 15.2. The second kappa shape index (κ2) is 14.0. The van der Waals surface area contributed by atoms with Crippen LogP contribution in [-0.4, -0.2) is 19.9 Å². The van der Waals surface area contributed by atoms with Crippen molar-refractivity contribution in [1.29, 1.82) is 0 Å². The first-order chi connectivity index (χ1) is 29.0. The molecular weight excluding hydrogens is 721 g/mol. The van der Waals surface area contributed by atoms with Crippen LogP contribution >= 0.6 is 0 Å². The fourth-order valence-electron chi connectivity index (χ4n) is 8.26. The maximum absolute atomic E-state index is 6.60. The van der Waals surface area contributed by atoms with Crippen molar-refractivity contribution in [3.63, 3.8) is 0 Å². The van der Waals surface area contributed by atoms with E-state index in [0.29, 0.717) is 17.5 Å². The number of hydrogen-bond acceptors (Lipinski definition) is 5. The maximum atomic E-state index is 6.60. The molecule has 8 aromatic carbocycles. The van der Waals surface area contributed by atoms with Gasteiger partial charge >= 0.3 is 0 Å². The Morgan fingerprint density at radius 1 is 0.339 bits per heavy atom. The Kier molecular flexibility index (Phi) is 8.19. The molecule has 5 heteroatoms. The van der Waals surface area contributed by atoms with Crippen LogP contribution in [0.5, 0.6) is 0 Å². The Morgan fingerprint density at radius 3 is 1.53 bits per heavy atom. The summed E-state index contributed by atoms with van der Waals surface area (Å²) in [6.45, 7) is 4.17. The molecule has 5 nitrogen and oxygen atoms in total. The molecule has 0 aliphatic carbocycles. The Hall–Kier alpha value is -7.76. The van der Waals surface area contributed by atoms with Crippen LogP contribution in [-0.2, 0) is 0 Å². The van der Waals surface area contributed by atoms with Gasteiger partial charge in [0.2, 0.25) is 0 Å². The molecule has 0 atom stereocenters. The van der Waals surface area contributed by atoms with Crippen LogP contribution in [0.4, 0.5) is 0 Å². The summed E-state index contributed by atoms with van der Waals surface area (Å²) in [5, 5.41) is 5.54. The standard InChI is InChI=1S/C54H36N4O/c1-33-19-23-37(24-20-33)52-56-53(38-25-21-34(2)22-26-38)58-54(57-52)39-29-27-35(28-30-39)40-13-10-14-41(31-40)51-44-32-47-50(43-16-7-9-18-46(43)59-47)48(36-11-4-3-5-12-36)49(44)42-15-6-8-17-45(42)55-51/h3-32H,1-2H3. The van der Waals surface area contributed by atoms with Crippen molar-refractivity contribution in [3.8, 4) is 67.7 Å². The Balaban J connectivity index is 1.05. The molecule has 11 aromatic rings. The summed E-state index contributed by atoms with van der Waals surface area (Å²) in [4.78, 5) is 20.3. The van der Waals surface area contributed by atoms with E-state index in [1.165, 1.54) is 11.1 Å². The SMILES string of the molecule is Cc1ccc(-c2nc(-c3ccc(C)cc3)nc(-c3ccc(-c4cccc(-c5nc6ccccc6c6c(-c7ccccc7)c7c(cc56)oc5ccccc57)c4)cc3)n2)cc1. The summed E-state index contributed by atoms with van der Waals surface area (Å²) >= 11 is 0. The normalized spacial score (nSPS) is 11.6. The summed E-state index contributed by atoms with van der Waals surface area (Å²) in [6.07, 6.45) is 0. The molecule has 11 rings (SSSR count). The van der Waals surface area contributed by atoms with Crippen LogP contribution in [0.2, 0.25) is 0 Å². The number of pyridine rings is 1. The topological polar surface area (TPSA) is 64.7 Å². The summed E-state index contributed by atoms with van der Waals surface area (Å²) in [5.41, 5.74) is 14.3. The lowest BCUT2D eigenvalue weighted by Crippen LogP contribution is -2.00. The van der Waals surface area contributed by atoms with Crippen LogP contribution < -0.4 is 0 Å².